The average Bonchev–Trinajstić information content (AvgIpc) is 2.80. The Kier molecular flexibility index (Phi) is 8.03. The van der Waals surface area contributed by atoms with Gasteiger partial charge < -0.3 is 19.7 Å². The topological polar surface area (TPSA) is 59.9 Å². The van der Waals surface area contributed by atoms with Gasteiger partial charge in [0, 0.05) is 24.2 Å². The molecule has 154 valence electrons. The van der Waals surface area contributed by atoms with Crippen molar-refractivity contribution in [3.8, 4) is 5.75 Å². The zero-order valence-electron chi connectivity index (χ0n) is 17.1. The molecule has 0 unspecified atom stereocenters. The van der Waals surface area contributed by atoms with Crippen LogP contribution >= 0.6 is 0 Å². The quantitative estimate of drug-likeness (QED) is 0.283. The summed E-state index contributed by atoms with van der Waals surface area (Å²) in [5.74, 6) is 0.776. The number of aryl methyl sites for hydroxylation is 1. The zero-order chi connectivity index (χ0) is 21.0. The molecule has 0 amide bonds. The molecule has 0 atom stereocenters. The van der Waals surface area contributed by atoms with Crippen LogP contribution in [-0.4, -0.2) is 25.7 Å². The maximum atomic E-state index is 10.5. The van der Waals surface area contributed by atoms with Crippen LogP contribution in [0.25, 0.3) is 0 Å². The highest BCUT2D eigenvalue weighted by atomic mass is 16.6. The summed E-state index contributed by atoms with van der Waals surface area (Å²) in [5, 5.41) is 7.51. The number of aldehydes is 1. The average molecular weight is 402 g/mol. The summed E-state index contributed by atoms with van der Waals surface area (Å²) in [5.41, 5.74) is 5.01. The van der Waals surface area contributed by atoms with Crippen LogP contribution in [0.2, 0.25) is 0 Å². The predicted octanol–water partition coefficient (Wildman–Crippen LogP) is 4.86. The Morgan fingerprint density at radius 2 is 1.77 bits per heavy atom. The number of oxime groups is 1. The number of rotatable bonds is 11. The highest BCUT2D eigenvalue weighted by Gasteiger charge is 2.06. The first-order chi connectivity index (χ1) is 14.8. The number of ether oxygens (including phenoxy) is 1. The summed E-state index contributed by atoms with van der Waals surface area (Å²) < 4.78 is 5.95. The molecule has 3 aromatic rings. The van der Waals surface area contributed by atoms with Crippen LogP contribution < -0.4 is 10.1 Å². The first-order valence-corrected chi connectivity index (χ1v) is 9.92. The molecule has 3 rings (SSSR count). The smallest absolute Gasteiger partial charge is 0.134 e. The van der Waals surface area contributed by atoms with E-state index in [1.54, 1.807) is 0 Å². The molecule has 5 heteroatoms. The van der Waals surface area contributed by atoms with E-state index in [2.05, 4.69) is 16.5 Å². The van der Waals surface area contributed by atoms with Gasteiger partial charge in [-0.3, -0.25) is 0 Å². The van der Waals surface area contributed by atoms with Crippen molar-refractivity contribution in [3.63, 3.8) is 0 Å². The molecular formula is C25H26N2O3. The minimum atomic E-state index is 0.316. The van der Waals surface area contributed by atoms with E-state index in [4.69, 9.17) is 9.57 Å². The van der Waals surface area contributed by atoms with E-state index in [1.165, 1.54) is 7.11 Å². The maximum absolute atomic E-state index is 10.5. The Morgan fingerprint density at radius 1 is 0.967 bits per heavy atom. The molecule has 30 heavy (non-hydrogen) atoms. The van der Waals surface area contributed by atoms with Gasteiger partial charge in [-0.05, 0) is 41.8 Å². The number of carbonyl (C=O) groups is 1. The monoisotopic (exact) mass is 402 g/mol. The van der Waals surface area contributed by atoms with Gasteiger partial charge in [0.05, 0.1) is 0 Å². The highest BCUT2D eigenvalue weighted by Crippen LogP contribution is 2.17. The van der Waals surface area contributed by atoms with E-state index in [0.29, 0.717) is 19.6 Å². The lowest BCUT2D eigenvalue weighted by atomic mass is 10.1. The minimum absolute atomic E-state index is 0.316. The van der Waals surface area contributed by atoms with E-state index in [1.807, 2.05) is 72.8 Å². The molecule has 0 radical (unpaired) electrons. The minimum Gasteiger partial charge on any atom is -0.487 e. The number of carbonyl (C=O) groups excluding carboxylic acids is 1. The first-order valence-electron chi connectivity index (χ1n) is 9.92. The standard InChI is InChI=1S/C25H26N2O3/c1-29-27-25(22-9-3-2-4-10-22)19-30-24-11-5-7-21(17-24)18-26-23-14-12-20(13-15-23)8-6-16-28/h2-5,7,9-17,26H,6,8,18-19H2,1H3/b27-25+. The molecule has 0 heterocycles. The highest BCUT2D eigenvalue weighted by molar-refractivity contribution is 6.01. The Morgan fingerprint density at radius 3 is 2.50 bits per heavy atom. The van der Waals surface area contributed by atoms with Crippen LogP contribution in [0.1, 0.15) is 23.1 Å². The second kappa shape index (κ2) is 11.4. The molecule has 0 aliphatic heterocycles. The zero-order valence-corrected chi connectivity index (χ0v) is 17.1. The Labute approximate surface area is 177 Å². The second-order valence-corrected chi connectivity index (χ2v) is 6.78. The van der Waals surface area contributed by atoms with E-state index in [0.717, 1.165) is 46.5 Å². The molecule has 5 nitrogen and oxygen atoms in total. The summed E-state index contributed by atoms with van der Waals surface area (Å²) >= 11 is 0. The summed E-state index contributed by atoms with van der Waals surface area (Å²) in [6.07, 6.45) is 2.28. The normalized spacial score (nSPS) is 11.0. The van der Waals surface area contributed by atoms with Crippen molar-refractivity contribution in [2.45, 2.75) is 19.4 Å². The van der Waals surface area contributed by atoms with Crippen LogP contribution in [0.15, 0.2) is 84.0 Å². The Bertz CT molecular complexity index is 954. The lowest BCUT2D eigenvalue weighted by Crippen LogP contribution is -2.13. The van der Waals surface area contributed by atoms with Crippen LogP contribution in [0.5, 0.6) is 5.75 Å². The van der Waals surface area contributed by atoms with Gasteiger partial charge in [0.25, 0.3) is 0 Å². The number of hydrogen-bond acceptors (Lipinski definition) is 5. The van der Waals surface area contributed by atoms with Crippen molar-refractivity contribution >= 4 is 17.7 Å². The van der Waals surface area contributed by atoms with Gasteiger partial charge in [-0.2, -0.15) is 0 Å². The number of hydrogen-bond donors (Lipinski definition) is 1. The largest absolute Gasteiger partial charge is 0.487 e. The lowest BCUT2D eigenvalue weighted by molar-refractivity contribution is -0.107. The van der Waals surface area contributed by atoms with E-state index >= 15 is 0 Å². The van der Waals surface area contributed by atoms with Crippen LogP contribution in [0.3, 0.4) is 0 Å². The van der Waals surface area contributed by atoms with Crippen molar-refractivity contribution in [2.75, 3.05) is 19.0 Å². The SMILES string of the molecule is CO/N=C(\COc1cccc(CNc2ccc(CCC=O)cc2)c1)c1ccccc1. The van der Waals surface area contributed by atoms with Crippen molar-refractivity contribution in [3.05, 3.63) is 95.6 Å². The molecule has 0 aliphatic rings. The van der Waals surface area contributed by atoms with Gasteiger partial charge in [-0.25, -0.2) is 0 Å². The first kappa shape index (κ1) is 21.1. The van der Waals surface area contributed by atoms with Gasteiger partial charge >= 0.3 is 0 Å². The van der Waals surface area contributed by atoms with Gasteiger partial charge in [0.2, 0.25) is 0 Å². The third-order valence-electron chi connectivity index (χ3n) is 4.58. The maximum Gasteiger partial charge on any atom is 0.134 e. The van der Waals surface area contributed by atoms with E-state index < -0.39 is 0 Å². The fourth-order valence-electron chi connectivity index (χ4n) is 3.02. The molecular weight excluding hydrogens is 376 g/mol. The summed E-state index contributed by atoms with van der Waals surface area (Å²) in [4.78, 5) is 15.5. The van der Waals surface area contributed by atoms with Crippen molar-refractivity contribution < 1.29 is 14.4 Å². The van der Waals surface area contributed by atoms with E-state index in [9.17, 15) is 4.79 Å². The summed E-state index contributed by atoms with van der Waals surface area (Å²) in [6.45, 7) is 1.000. The molecule has 0 spiro atoms. The fourth-order valence-corrected chi connectivity index (χ4v) is 3.02. The summed E-state index contributed by atoms with van der Waals surface area (Å²) in [7, 11) is 1.53. The predicted molar refractivity (Wildman–Crippen MR) is 120 cm³/mol. The third-order valence-corrected chi connectivity index (χ3v) is 4.58. The second-order valence-electron chi connectivity index (χ2n) is 6.78. The van der Waals surface area contributed by atoms with Crippen molar-refractivity contribution in [2.24, 2.45) is 5.16 Å². The molecule has 1 N–H and O–H groups in total. The number of benzene rings is 3. The fraction of sp³-hybridized carbons (Fsp3) is 0.200. The van der Waals surface area contributed by atoms with Crippen LogP contribution in [-0.2, 0) is 22.6 Å². The van der Waals surface area contributed by atoms with Gasteiger partial charge in [0.1, 0.15) is 31.5 Å². The van der Waals surface area contributed by atoms with Gasteiger partial charge in [0.15, 0.2) is 0 Å². The third kappa shape index (κ3) is 6.48. The van der Waals surface area contributed by atoms with Crippen LogP contribution in [0.4, 0.5) is 5.69 Å². The lowest BCUT2D eigenvalue weighted by Gasteiger charge is -2.11. The number of anilines is 1. The molecule has 0 aliphatic carbocycles. The molecule has 0 aromatic heterocycles. The van der Waals surface area contributed by atoms with Gasteiger partial charge in [-0.1, -0.05) is 59.8 Å². The molecule has 0 saturated heterocycles. The van der Waals surface area contributed by atoms with E-state index in [-0.39, 0.29) is 0 Å². The Hall–Kier alpha value is -3.60. The molecule has 0 fully saturated rings. The van der Waals surface area contributed by atoms with Crippen molar-refractivity contribution in [1.82, 2.24) is 0 Å². The van der Waals surface area contributed by atoms with Gasteiger partial charge in [-0.15, -0.1) is 0 Å². The Balaban J connectivity index is 1.56. The van der Waals surface area contributed by atoms with Crippen LogP contribution in [0, 0.1) is 0 Å². The molecule has 3 aromatic carbocycles. The molecule has 0 saturated carbocycles. The van der Waals surface area contributed by atoms with Crippen molar-refractivity contribution in [1.29, 1.82) is 0 Å². The summed E-state index contributed by atoms with van der Waals surface area (Å²) in [6, 6.07) is 26.0. The molecule has 0 bridgehead atoms. The number of nitrogens with one attached hydrogen (secondary N) is 1. The number of nitrogens with zero attached hydrogens (tertiary/aromatic N) is 1.